The topological polar surface area (TPSA) is 64.9 Å². The lowest BCUT2D eigenvalue weighted by molar-refractivity contribution is 0.436. The van der Waals surface area contributed by atoms with E-state index in [1.165, 1.54) is 0 Å². The molecule has 0 saturated carbocycles. The van der Waals surface area contributed by atoms with E-state index in [0.717, 1.165) is 20.8 Å². The Morgan fingerprint density at radius 3 is 2.83 bits per heavy atom. The van der Waals surface area contributed by atoms with E-state index >= 15 is 0 Å². The van der Waals surface area contributed by atoms with E-state index in [2.05, 4.69) is 30.1 Å². The third-order valence-corrected chi connectivity index (χ3v) is 4.04. The van der Waals surface area contributed by atoms with E-state index in [1.807, 2.05) is 12.1 Å². The Balaban J connectivity index is 2.23. The van der Waals surface area contributed by atoms with Crippen molar-refractivity contribution in [2.24, 2.45) is 0 Å². The molecule has 3 aromatic rings. The number of thiazole rings is 1. The van der Waals surface area contributed by atoms with Gasteiger partial charge in [0.05, 0.1) is 15.2 Å². The van der Waals surface area contributed by atoms with Crippen LogP contribution < -0.4 is 5.73 Å². The molecule has 92 valence electrons. The largest absolute Gasteiger partial charge is 0.381 e. The molecular weight excluding hydrogens is 246 g/mol. The monoisotopic (exact) mass is 259 g/mol. The van der Waals surface area contributed by atoms with Crippen LogP contribution in [-0.2, 0) is 0 Å². The normalized spacial score (nSPS) is 11.5. The molecule has 18 heavy (non-hydrogen) atoms. The molecule has 0 aliphatic carbocycles. The van der Waals surface area contributed by atoms with Crippen LogP contribution in [0.25, 0.3) is 21.5 Å². The number of anilines is 1. The first-order valence-electron chi connectivity index (χ1n) is 5.77. The predicted molar refractivity (Wildman–Crippen MR) is 73.6 cm³/mol. The number of para-hydroxylation sites is 1. The second-order valence-corrected chi connectivity index (χ2v) is 5.54. The molecule has 2 aromatic heterocycles. The van der Waals surface area contributed by atoms with Crippen molar-refractivity contribution < 1.29 is 4.52 Å². The first-order valence-corrected chi connectivity index (χ1v) is 6.59. The average molecular weight is 259 g/mol. The second kappa shape index (κ2) is 4.10. The zero-order valence-corrected chi connectivity index (χ0v) is 11.0. The van der Waals surface area contributed by atoms with Gasteiger partial charge in [0.15, 0.2) is 11.6 Å². The lowest BCUT2D eigenvalue weighted by atomic mass is 10.1. The van der Waals surface area contributed by atoms with Gasteiger partial charge in [-0.2, -0.15) is 0 Å². The van der Waals surface area contributed by atoms with Gasteiger partial charge in [-0.05, 0) is 12.1 Å². The van der Waals surface area contributed by atoms with Crippen molar-refractivity contribution in [3.05, 3.63) is 29.3 Å². The Hall–Kier alpha value is -1.88. The van der Waals surface area contributed by atoms with Gasteiger partial charge >= 0.3 is 0 Å². The van der Waals surface area contributed by atoms with E-state index in [9.17, 15) is 0 Å². The van der Waals surface area contributed by atoms with Crippen molar-refractivity contribution in [1.82, 2.24) is 10.1 Å². The number of benzene rings is 1. The summed E-state index contributed by atoms with van der Waals surface area (Å²) >= 11 is 1.72. The van der Waals surface area contributed by atoms with E-state index in [1.54, 1.807) is 17.4 Å². The molecule has 2 heterocycles. The van der Waals surface area contributed by atoms with Gasteiger partial charge in [0.25, 0.3) is 0 Å². The summed E-state index contributed by atoms with van der Waals surface area (Å²) in [6.45, 7) is 4.29. The molecule has 1 aromatic carbocycles. The van der Waals surface area contributed by atoms with Crippen LogP contribution in [0.5, 0.6) is 0 Å². The van der Waals surface area contributed by atoms with Gasteiger partial charge in [0.1, 0.15) is 0 Å². The summed E-state index contributed by atoms with van der Waals surface area (Å²) in [6, 6.07) is 7.77. The first-order chi connectivity index (χ1) is 8.65. The number of hydrogen-bond acceptors (Lipinski definition) is 5. The van der Waals surface area contributed by atoms with Crippen LogP contribution in [0.2, 0.25) is 0 Å². The highest BCUT2D eigenvalue weighted by molar-refractivity contribution is 7.18. The average Bonchev–Trinajstić information content (AvgIpc) is 2.94. The van der Waals surface area contributed by atoms with Crippen molar-refractivity contribution in [2.75, 3.05) is 5.73 Å². The molecule has 3 rings (SSSR count). The number of fused-ring (bicyclic) bond motifs is 1. The maximum absolute atomic E-state index is 5.59. The van der Waals surface area contributed by atoms with Crippen molar-refractivity contribution >= 4 is 27.4 Å². The minimum atomic E-state index is 0.390. The summed E-state index contributed by atoms with van der Waals surface area (Å²) in [5.41, 5.74) is 7.50. The Bertz CT molecular complexity index is 699. The Morgan fingerprint density at radius 2 is 2.17 bits per heavy atom. The van der Waals surface area contributed by atoms with Gasteiger partial charge in [-0.3, -0.25) is 0 Å². The first kappa shape index (κ1) is 11.2. The van der Waals surface area contributed by atoms with Gasteiger partial charge in [-0.25, -0.2) is 4.98 Å². The van der Waals surface area contributed by atoms with Crippen LogP contribution in [0.4, 0.5) is 5.82 Å². The number of hydrogen-bond donors (Lipinski definition) is 1. The zero-order chi connectivity index (χ0) is 12.7. The minimum absolute atomic E-state index is 0.390. The molecule has 0 bridgehead atoms. The summed E-state index contributed by atoms with van der Waals surface area (Å²) in [7, 11) is 0. The van der Waals surface area contributed by atoms with Crippen LogP contribution in [-0.4, -0.2) is 10.1 Å². The molecule has 0 saturated heterocycles. The van der Waals surface area contributed by atoms with Crippen molar-refractivity contribution in [3.63, 3.8) is 0 Å². The van der Waals surface area contributed by atoms with Gasteiger partial charge in [0, 0.05) is 17.5 Å². The van der Waals surface area contributed by atoms with Crippen molar-refractivity contribution in [2.45, 2.75) is 19.8 Å². The van der Waals surface area contributed by atoms with Gasteiger partial charge < -0.3 is 10.3 Å². The number of nitrogens with two attached hydrogens (primary N) is 1. The maximum atomic E-state index is 5.59. The molecule has 0 fully saturated rings. The highest BCUT2D eigenvalue weighted by Crippen LogP contribution is 2.34. The highest BCUT2D eigenvalue weighted by Gasteiger charge is 2.14. The number of nitrogens with zero attached hydrogens (tertiary/aromatic N) is 2. The summed E-state index contributed by atoms with van der Waals surface area (Å²) in [6.07, 6.45) is 0. The lowest BCUT2D eigenvalue weighted by Gasteiger charge is -1.96. The van der Waals surface area contributed by atoms with Crippen molar-refractivity contribution in [1.29, 1.82) is 0 Å². The SMILES string of the molecule is CC(C)c1nc2c(-c3cc(N)no3)cccc2s1. The van der Waals surface area contributed by atoms with E-state index in [0.29, 0.717) is 17.5 Å². The second-order valence-electron chi connectivity index (χ2n) is 4.48. The quantitative estimate of drug-likeness (QED) is 0.762. The Kier molecular flexibility index (Phi) is 2.56. The molecule has 0 atom stereocenters. The third-order valence-electron chi connectivity index (χ3n) is 2.72. The smallest absolute Gasteiger partial charge is 0.171 e. The molecule has 0 aliphatic heterocycles. The van der Waals surface area contributed by atoms with E-state index < -0.39 is 0 Å². The van der Waals surface area contributed by atoms with Gasteiger partial charge in [0.2, 0.25) is 0 Å². The van der Waals surface area contributed by atoms with Gasteiger partial charge in [-0.15, -0.1) is 11.3 Å². The lowest BCUT2D eigenvalue weighted by Crippen LogP contribution is -1.84. The molecule has 0 radical (unpaired) electrons. The molecule has 0 aliphatic rings. The van der Waals surface area contributed by atoms with Gasteiger partial charge in [-0.1, -0.05) is 25.1 Å². The molecule has 0 unspecified atom stereocenters. The van der Waals surface area contributed by atoms with Crippen LogP contribution in [0, 0.1) is 0 Å². The van der Waals surface area contributed by atoms with E-state index in [4.69, 9.17) is 10.3 Å². The number of aromatic nitrogens is 2. The standard InChI is InChI=1S/C13H13N3OS/c1-7(2)13-15-12-8(4-3-5-10(12)18-13)9-6-11(14)16-17-9/h3-7H,1-2H3,(H2,14,16). The fraction of sp³-hybridized carbons (Fsp3) is 0.231. The Labute approximate surface area is 108 Å². The predicted octanol–water partition coefficient (Wildman–Crippen LogP) is 3.66. The molecule has 5 heteroatoms. The molecule has 0 amide bonds. The highest BCUT2D eigenvalue weighted by atomic mass is 32.1. The Morgan fingerprint density at radius 1 is 1.33 bits per heavy atom. The van der Waals surface area contributed by atoms with E-state index in [-0.39, 0.29) is 0 Å². The minimum Gasteiger partial charge on any atom is -0.381 e. The van der Waals surface area contributed by atoms with Crippen molar-refractivity contribution in [3.8, 4) is 11.3 Å². The van der Waals surface area contributed by atoms with Crippen LogP contribution >= 0.6 is 11.3 Å². The summed E-state index contributed by atoms with van der Waals surface area (Å²) in [4.78, 5) is 4.69. The van der Waals surface area contributed by atoms with Crippen LogP contribution in [0.15, 0.2) is 28.8 Å². The number of rotatable bonds is 2. The summed E-state index contributed by atoms with van der Waals surface area (Å²) in [5, 5.41) is 4.85. The molecule has 2 N–H and O–H groups in total. The third kappa shape index (κ3) is 1.76. The maximum Gasteiger partial charge on any atom is 0.171 e. The molecule has 4 nitrogen and oxygen atoms in total. The summed E-state index contributed by atoms with van der Waals surface area (Å²) in [5.74, 6) is 1.48. The zero-order valence-electron chi connectivity index (χ0n) is 10.2. The summed E-state index contributed by atoms with van der Waals surface area (Å²) < 4.78 is 6.38. The fourth-order valence-electron chi connectivity index (χ4n) is 1.83. The fourth-order valence-corrected chi connectivity index (χ4v) is 2.82. The van der Waals surface area contributed by atoms with Crippen LogP contribution in [0.1, 0.15) is 24.8 Å². The van der Waals surface area contributed by atoms with Crippen LogP contribution in [0.3, 0.4) is 0 Å². The number of nitrogen functional groups attached to an aromatic ring is 1. The molecular formula is C13H13N3OS. The molecule has 0 spiro atoms.